The number of nitrogens with one attached hydrogen (secondary N) is 2. The molecule has 0 radical (unpaired) electrons. The van der Waals surface area contributed by atoms with Crippen LogP contribution in [0.25, 0.3) is 5.69 Å². The Labute approximate surface area is 166 Å². The minimum atomic E-state index is -4.08. The van der Waals surface area contributed by atoms with Crippen molar-refractivity contribution in [3.05, 3.63) is 64.6 Å². The van der Waals surface area contributed by atoms with Crippen LogP contribution in [0, 0.1) is 6.92 Å². The molecule has 0 saturated heterocycles. The molecular weight excluding hydrogens is 396 g/mol. The molecule has 2 aromatic carbocycles. The second kappa shape index (κ2) is 6.82. The predicted octanol–water partition coefficient (Wildman–Crippen LogP) is 1.62. The second-order valence-corrected chi connectivity index (χ2v) is 8.22. The van der Waals surface area contributed by atoms with Gasteiger partial charge in [0.2, 0.25) is 0 Å². The maximum atomic E-state index is 12.9. The molecule has 1 aromatic heterocycles. The summed E-state index contributed by atoms with van der Waals surface area (Å²) in [4.78, 5) is 24.3. The molecule has 0 spiro atoms. The lowest BCUT2D eigenvalue weighted by Crippen LogP contribution is -2.26. The van der Waals surface area contributed by atoms with Crippen LogP contribution in [0.1, 0.15) is 5.69 Å². The minimum absolute atomic E-state index is 0.0469. The maximum Gasteiger partial charge on any atom is 0.296 e. The number of fused-ring (bicyclic) bond motifs is 1. The number of hydrogen-bond donors (Lipinski definition) is 2. The van der Waals surface area contributed by atoms with Gasteiger partial charge < -0.3 is 10.1 Å². The highest BCUT2D eigenvalue weighted by Crippen LogP contribution is 2.30. The highest BCUT2D eigenvalue weighted by atomic mass is 32.2. The number of sulfonamides is 1. The smallest absolute Gasteiger partial charge is 0.296 e. The zero-order chi connectivity index (χ0) is 20.8. The molecular formula is C19H18N4O5S. The van der Waals surface area contributed by atoms with Crippen molar-refractivity contribution in [1.82, 2.24) is 9.36 Å². The number of carbonyl (C=O) groups is 1. The number of hydrogen-bond acceptors (Lipinski definition) is 5. The summed E-state index contributed by atoms with van der Waals surface area (Å²) in [5, 5.41) is 2.57. The van der Waals surface area contributed by atoms with Crippen LogP contribution in [0.4, 0.5) is 11.4 Å². The average molecular weight is 414 g/mol. The van der Waals surface area contributed by atoms with E-state index >= 15 is 0 Å². The highest BCUT2D eigenvalue weighted by molar-refractivity contribution is 7.92. The summed E-state index contributed by atoms with van der Waals surface area (Å²) >= 11 is 0. The van der Waals surface area contributed by atoms with Crippen LogP contribution in [0.3, 0.4) is 0 Å². The van der Waals surface area contributed by atoms with E-state index in [1.54, 1.807) is 42.9 Å². The number of carbonyl (C=O) groups excluding carboxylic acids is 1. The van der Waals surface area contributed by atoms with Gasteiger partial charge >= 0.3 is 0 Å². The van der Waals surface area contributed by atoms with E-state index in [0.29, 0.717) is 17.1 Å². The summed E-state index contributed by atoms with van der Waals surface area (Å²) < 4.78 is 36.4. The molecule has 29 heavy (non-hydrogen) atoms. The molecule has 2 heterocycles. The van der Waals surface area contributed by atoms with Crippen molar-refractivity contribution in [3.8, 4) is 11.4 Å². The second-order valence-electron chi connectivity index (χ2n) is 6.54. The number of nitrogens with zero attached hydrogens (tertiary/aromatic N) is 2. The van der Waals surface area contributed by atoms with Crippen LogP contribution >= 0.6 is 0 Å². The molecule has 9 nitrogen and oxygen atoms in total. The Morgan fingerprint density at radius 1 is 1.10 bits per heavy atom. The van der Waals surface area contributed by atoms with E-state index in [2.05, 4.69) is 10.0 Å². The first kappa shape index (κ1) is 18.8. The van der Waals surface area contributed by atoms with Crippen LogP contribution in [0.5, 0.6) is 5.75 Å². The Balaban J connectivity index is 1.74. The van der Waals surface area contributed by atoms with E-state index in [1.165, 1.54) is 22.9 Å². The zero-order valence-corrected chi connectivity index (χ0v) is 16.5. The van der Waals surface area contributed by atoms with Gasteiger partial charge in [-0.05, 0) is 37.3 Å². The summed E-state index contributed by atoms with van der Waals surface area (Å²) in [7, 11) is -2.40. The van der Waals surface area contributed by atoms with Crippen molar-refractivity contribution < 1.29 is 17.9 Å². The van der Waals surface area contributed by atoms with Gasteiger partial charge in [0, 0.05) is 7.05 Å². The Bertz CT molecular complexity index is 1280. The summed E-state index contributed by atoms with van der Waals surface area (Å²) in [5.41, 5.74) is 0.790. The van der Waals surface area contributed by atoms with Crippen molar-refractivity contribution in [2.24, 2.45) is 7.05 Å². The predicted molar refractivity (Wildman–Crippen MR) is 107 cm³/mol. The first-order valence-corrected chi connectivity index (χ1v) is 10.2. The van der Waals surface area contributed by atoms with E-state index in [0.717, 1.165) is 0 Å². The van der Waals surface area contributed by atoms with Gasteiger partial charge in [0.15, 0.2) is 6.61 Å². The monoisotopic (exact) mass is 414 g/mol. The number of amides is 1. The highest BCUT2D eigenvalue weighted by Gasteiger charge is 2.24. The molecule has 0 atom stereocenters. The number of benzene rings is 2. The van der Waals surface area contributed by atoms with Gasteiger partial charge in [-0.2, -0.15) is 0 Å². The SMILES string of the molecule is Cc1c(NS(=O)(=O)c2ccc3c(c2)NC(=O)CO3)c(=O)n(-c2ccccc2)n1C. The first-order chi connectivity index (χ1) is 13.8. The number of para-hydroxylation sites is 1. The molecule has 1 aliphatic heterocycles. The molecule has 2 N–H and O–H groups in total. The molecule has 10 heteroatoms. The number of anilines is 2. The van der Waals surface area contributed by atoms with E-state index in [1.807, 2.05) is 6.07 Å². The topological polar surface area (TPSA) is 111 Å². The van der Waals surface area contributed by atoms with Crippen molar-refractivity contribution in [2.75, 3.05) is 16.6 Å². The van der Waals surface area contributed by atoms with Crippen molar-refractivity contribution in [1.29, 1.82) is 0 Å². The molecule has 150 valence electrons. The Hall–Kier alpha value is -3.53. The summed E-state index contributed by atoms with van der Waals surface area (Å²) in [5.74, 6) is 0.00975. The van der Waals surface area contributed by atoms with Gasteiger partial charge in [0.25, 0.3) is 21.5 Å². The lowest BCUT2D eigenvalue weighted by molar-refractivity contribution is -0.118. The quantitative estimate of drug-likeness (QED) is 0.674. The molecule has 4 rings (SSSR count). The summed E-state index contributed by atoms with van der Waals surface area (Å²) in [6, 6.07) is 13.0. The van der Waals surface area contributed by atoms with Crippen molar-refractivity contribution in [2.45, 2.75) is 11.8 Å². The van der Waals surface area contributed by atoms with E-state index in [4.69, 9.17) is 4.74 Å². The molecule has 0 unspecified atom stereocenters. The first-order valence-electron chi connectivity index (χ1n) is 8.71. The minimum Gasteiger partial charge on any atom is -0.482 e. The van der Waals surface area contributed by atoms with Gasteiger partial charge in [-0.25, -0.2) is 13.1 Å². The zero-order valence-electron chi connectivity index (χ0n) is 15.7. The van der Waals surface area contributed by atoms with Gasteiger partial charge in [0.1, 0.15) is 11.4 Å². The molecule has 3 aromatic rings. The summed E-state index contributed by atoms with van der Waals surface area (Å²) in [6.07, 6.45) is 0. The average Bonchev–Trinajstić information content (AvgIpc) is 2.91. The van der Waals surface area contributed by atoms with Crippen molar-refractivity contribution >= 4 is 27.3 Å². The lowest BCUT2D eigenvalue weighted by Gasteiger charge is -2.18. The van der Waals surface area contributed by atoms with Gasteiger partial charge in [-0.3, -0.25) is 19.0 Å². The fraction of sp³-hybridized carbons (Fsp3) is 0.158. The van der Waals surface area contributed by atoms with Gasteiger partial charge in [-0.15, -0.1) is 0 Å². The number of ether oxygens (including phenoxy) is 1. The van der Waals surface area contributed by atoms with Crippen molar-refractivity contribution in [3.63, 3.8) is 0 Å². The standard InChI is InChI=1S/C19H18N4O5S/c1-12-18(19(25)23(22(12)2)13-6-4-3-5-7-13)21-29(26,27)14-8-9-16-15(10-14)20-17(24)11-28-16/h3-10,21H,11H2,1-2H3,(H,20,24). The van der Waals surface area contributed by atoms with Gasteiger partial charge in [0.05, 0.1) is 22.0 Å². The Kier molecular flexibility index (Phi) is 4.42. The third-order valence-electron chi connectivity index (χ3n) is 4.68. The van der Waals surface area contributed by atoms with E-state index in [9.17, 15) is 18.0 Å². The Morgan fingerprint density at radius 3 is 2.55 bits per heavy atom. The van der Waals surface area contributed by atoms with Crippen LogP contribution in [0.2, 0.25) is 0 Å². The van der Waals surface area contributed by atoms with E-state index < -0.39 is 15.6 Å². The molecule has 0 bridgehead atoms. The third kappa shape index (κ3) is 3.27. The number of rotatable bonds is 4. The molecule has 0 saturated carbocycles. The summed E-state index contributed by atoms with van der Waals surface area (Å²) in [6.45, 7) is 1.53. The van der Waals surface area contributed by atoms with Crippen LogP contribution in [-0.2, 0) is 21.9 Å². The van der Waals surface area contributed by atoms with Crippen LogP contribution < -0.4 is 20.3 Å². The van der Waals surface area contributed by atoms with Gasteiger partial charge in [-0.1, -0.05) is 18.2 Å². The molecule has 1 aliphatic rings. The Morgan fingerprint density at radius 2 is 1.83 bits per heavy atom. The van der Waals surface area contributed by atoms with Crippen LogP contribution in [0.15, 0.2) is 58.2 Å². The largest absolute Gasteiger partial charge is 0.482 e. The molecule has 0 aliphatic carbocycles. The maximum absolute atomic E-state index is 12.9. The third-order valence-corrected chi connectivity index (χ3v) is 6.03. The molecule has 0 fully saturated rings. The van der Waals surface area contributed by atoms with Crippen LogP contribution in [-0.4, -0.2) is 30.3 Å². The fourth-order valence-corrected chi connectivity index (χ4v) is 4.25. The lowest BCUT2D eigenvalue weighted by atomic mass is 10.2. The number of aromatic nitrogens is 2. The molecule has 1 amide bonds. The van der Waals surface area contributed by atoms with E-state index in [-0.39, 0.29) is 28.8 Å². The normalized spacial score (nSPS) is 13.4. The fourth-order valence-electron chi connectivity index (χ4n) is 3.11.